The topological polar surface area (TPSA) is 117 Å². The van der Waals surface area contributed by atoms with Gasteiger partial charge in [-0.15, -0.1) is 0 Å². The summed E-state index contributed by atoms with van der Waals surface area (Å²) in [6.07, 6.45) is 1.15. The van der Waals surface area contributed by atoms with Crippen molar-refractivity contribution >= 4 is 33.6 Å². The van der Waals surface area contributed by atoms with Gasteiger partial charge in [-0.25, -0.2) is 10.3 Å². The number of hydrogen-bond acceptors (Lipinski definition) is 6. The first kappa shape index (κ1) is 23.4. The summed E-state index contributed by atoms with van der Waals surface area (Å²) in [4.78, 5) is 23.9. The minimum Gasteiger partial charge on any atom is -0.491 e. The summed E-state index contributed by atoms with van der Waals surface area (Å²) in [5.74, 6) is -0.707. The summed E-state index contributed by atoms with van der Waals surface area (Å²) in [7, 11) is 0. The third-order valence-electron chi connectivity index (χ3n) is 4.04. The number of anilines is 1. The number of hydrogen-bond donors (Lipinski definition) is 4. The Balaban J connectivity index is 2.27. The number of aliphatic hydroxyl groups is 1. The summed E-state index contributed by atoms with van der Waals surface area (Å²) in [6, 6.07) is 14.0. The first-order valence-electron chi connectivity index (χ1n) is 9.12. The fraction of sp³-hybridized carbons (Fsp3) is 0.238. The standard InChI is InChI=1S/C21H23BrN2O6/c1-14(6-11-19(26)24-28)20(17-4-2-3-5-18(17)29-13-12-25)30-21(27)23-16-9-7-15(22)8-10-16/h2-11,14,20,25,28H,12-13H2,1H3,(H,23,27)(H,24,26)/b11-6+/t14-,20+/m0/s1. The smallest absolute Gasteiger partial charge is 0.412 e. The van der Waals surface area contributed by atoms with Gasteiger partial charge >= 0.3 is 6.09 Å². The number of amides is 2. The second kappa shape index (κ2) is 12.0. The van der Waals surface area contributed by atoms with Gasteiger partial charge in [0, 0.05) is 27.7 Å². The lowest BCUT2D eigenvalue weighted by Crippen LogP contribution is -2.22. The van der Waals surface area contributed by atoms with Crippen LogP contribution in [0.25, 0.3) is 0 Å². The molecule has 9 heteroatoms. The van der Waals surface area contributed by atoms with Crippen LogP contribution in [-0.4, -0.2) is 35.5 Å². The van der Waals surface area contributed by atoms with Crippen molar-refractivity contribution < 1.29 is 29.4 Å². The molecule has 2 atom stereocenters. The maximum Gasteiger partial charge on any atom is 0.412 e. The lowest BCUT2D eigenvalue weighted by molar-refractivity contribution is -0.124. The lowest BCUT2D eigenvalue weighted by atomic mass is 9.96. The number of para-hydroxylation sites is 1. The van der Waals surface area contributed by atoms with Crippen molar-refractivity contribution in [3.8, 4) is 5.75 Å². The Morgan fingerprint density at radius 3 is 2.53 bits per heavy atom. The minimum atomic E-state index is -0.807. The Hall–Kier alpha value is -2.88. The monoisotopic (exact) mass is 478 g/mol. The highest BCUT2D eigenvalue weighted by atomic mass is 79.9. The fourth-order valence-electron chi connectivity index (χ4n) is 2.63. The van der Waals surface area contributed by atoms with E-state index in [1.54, 1.807) is 55.5 Å². The van der Waals surface area contributed by atoms with Gasteiger partial charge in [0.2, 0.25) is 0 Å². The van der Waals surface area contributed by atoms with Crippen LogP contribution in [0.3, 0.4) is 0 Å². The largest absolute Gasteiger partial charge is 0.491 e. The molecule has 0 aliphatic heterocycles. The van der Waals surface area contributed by atoms with E-state index in [9.17, 15) is 9.59 Å². The van der Waals surface area contributed by atoms with Crippen LogP contribution in [-0.2, 0) is 9.53 Å². The van der Waals surface area contributed by atoms with Crippen LogP contribution in [0, 0.1) is 5.92 Å². The number of halogens is 1. The van der Waals surface area contributed by atoms with Crippen molar-refractivity contribution in [1.82, 2.24) is 5.48 Å². The molecule has 2 aromatic rings. The van der Waals surface area contributed by atoms with E-state index < -0.39 is 24.0 Å². The van der Waals surface area contributed by atoms with Gasteiger partial charge in [0.05, 0.1) is 6.61 Å². The molecule has 0 bridgehead atoms. The Morgan fingerprint density at radius 2 is 1.87 bits per heavy atom. The van der Waals surface area contributed by atoms with Crippen molar-refractivity contribution in [2.45, 2.75) is 13.0 Å². The molecule has 4 N–H and O–H groups in total. The van der Waals surface area contributed by atoms with Crippen LogP contribution in [0.15, 0.2) is 65.2 Å². The van der Waals surface area contributed by atoms with Crippen molar-refractivity contribution in [1.29, 1.82) is 0 Å². The van der Waals surface area contributed by atoms with Gasteiger partial charge in [-0.1, -0.05) is 47.1 Å². The molecule has 160 valence electrons. The molecular weight excluding hydrogens is 456 g/mol. The van der Waals surface area contributed by atoms with Gasteiger partial charge in [-0.2, -0.15) is 0 Å². The summed E-state index contributed by atoms with van der Waals surface area (Å²) < 4.78 is 12.1. The molecule has 0 spiro atoms. The van der Waals surface area contributed by atoms with Crippen LogP contribution >= 0.6 is 15.9 Å². The lowest BCUT2D eigenvalue weighted by Gasteiger charge is -2.24. The molecule has 0 radical (unpaired) electrons. The average molecular weight is 479 g/mol. The van der Waals surface area contributed by atoms with Crippen molar-refractivity contribution in [2.75, 3.05) is 18.5 Å². The molecule has 0 heterocycles. The molecule has 0 fully saturated rings. The summed E-state index contributed by atoms with van der Waals surface area (Å²) in [5, 5.41) is 20.4. The maximum absolute atomic E-state index is 12.5. The second-order valence-electron chi connectivity index (χ2n) is 6.26. The summed E-state index contributed by atoms with van der Waals surface area (Å²) in [5.41, 5.74) is 2.63. The zero-order valence-corrected chi connectivity index (χ0v) is 17.8. The number of benzene rings is 2. The molecule has 2 aromatic carbocycles. The average Bonchev–Trinajstić information content (AvgIpc) is 2.76. The Kier molecular flexibility index (Phi) is 9.33. The highest BCUT2D eigenvalue weighted by Gasteiger charge is 2.25. The van der Waals surface area contributed by atoms with E-state index in [0.29, 0.717) is 17.0 Å². The first-order chi connectivity index (χ1) is 14.4. The van der Waals surface area contributed by atoms with Crippen LogP contribution in [0.4, 0.5) is 10.5 Å². The van der Waals surface area contributed by atoms with Gasteiger partial charge in [-0.05, 0) is 30.3 Å². The number of carbonyl (C=O) groups excluding carboxylic acids is 2. The maximum atomic E-state index is 12.5. The van der Waals surface area contributed by atoms with E-state index in [0.717, 1.165) is 10.5 Å². The number of aliphatic hydroxyl groups excluding tert-OH is 1. The van der Waals surface area contributed by atoms with E-state index in [4.69, 9.17) is 19.8 Å². The van der Waals surface area contributed by atoms with Crippen LogP contribution < -0.4 is 15.5 Å². The number of nitrogens with one attached hydrogen (secondary N) is 2. The summed E-state index contributed by atoms with van der Waals surface area (Å²) in [6.45, 7) is 1.66. The van der Waals surface area contributed by atoms with Crippen LogP contribution in [0.5, 0.6) is 5.75 Å². The van der Waals surface area contributed by atoms with E-state index in [1.165, 1.54) is 11.6 Å². The predicted molar refractivity (Wildman–Crippen MR) is 114 cm³/mol. The van der Waals surface area contributed by atoms with E-state index in [2.05, 4.69) is 21.2 Å². The Morgan fingerprint density at radius 1 is 1.17 bits per heavy atom. The molecule has 2 amide bonds. The Bertz CT molecular complexity index is 872. The molecule has 0 unspecified atom stereocenters. The number of carbonyl (C=O) groups is 2. The van der Waals surface area contributed by atoms with Gasteiger partial charge in [0.1, 0.15) is 18.5 Å². The SMILES string of the molecule is C[C@@H](/C=C/C(=O)NO)[C@@H](OC(=O)Nc1ccc(Br)cc1)c1ccccc1OCCO. The number of ether oxygens (including phenoxy) is 2. The molecule has 0 saturated carbocycles. The number of hydroxylamine groups is 1. The molecule has 0 aromatic heterocycles. The van der Waals surface area contributed by atoms with Gasteiger partial charge in [-0.3, -0.25) is 15.3 Å². The van der Waals surface area contributed by atoms with Crippen LogP contribution in [0.2, 0.25) is 0 Å². The normalized spacial score (nSPS) is 12.8. The minimum absolute atomic E-state index is 0.0754. The zero-order chi connectivity index (χ0) is 21.9. The van der Waals surface area contributed by atoms with E-state index in [1.807, 2.05) is 0 Å². The third-order valence-corrected chi connectivity index (χ3v) is 4.57. The molecular formula is C21H23BrN2O6. The fourth-order valence-corrected chi connectivity index (χ4v) is 2.89. The number of rotatable bonds is 9. The van der Waals surface area contributed by atoms with Crippen LogP contribution in [0.1, 0.15) is 18.6 Å². The summed E-state index contributed by atoms with van der Waals surface area (Å²) >= 11 is 3.33. The van der Waals surface area contributed by atoms with E-state index >= 15 is 0 Å². The molecule has 2 rings (SSSR count). The molecule has 8 nitrogen and oxygen atoms in total. The predicted octanol–water partition coefficient (Wildman–Crippen LogP) is 3.81. The Labute approximate surface area is 182 Å². The molecule has 30 heavy (non-hydrogen) atoms. The quantitative estimate of drug-likeness (QED) is 0.247. The van der Waals surface area contributed by atoms with Crippen molar-refractivity contribution in [3.05, 3.63) is 70.7 Å². The van der Waals surface area contributed by atoms with Gasteiger partial charge in [0.15, 0.2) is 0 Å². The highest BCUT2D eigenvalue weighted by Crippen LogP contribution is 2.34. The zero-order valence-electron chi connectivity index (χ0n) is 16.2. The second-order valence-corrected chi connectivity index (χ2v) is 7.18. The third kappa shape index (κ3) is 7.18. The molecule has 0 aliphatic carbocycles. The van der Waals surface area contributed by atoms with Crippen molar-refractivity contribution in [2.24, 2.45) is 5.92 Å². The molecule has 0 saturated heterocycles. The van der Waals surface area contributed by atoms with E-state index in [-0.39, 0.29) is 13.2 Å². The first-order valence-corrected chi connectivity index (χ1v) is 9.92. The van der Waals surface area contributed by atoms with Gasteiger partial charge in [0.25, 0.3) is 5.91 Å². The van der Waals surface area contributed by atoms with Crippen molar-refractivity contribution in [3.63, 3.8) is 0 Å². The highest BCUT2D eigenvalue weighted by molar-refractivity contribution is 9.10. The van der Waals surface area contributed by atoms with Gasteiger partial charge < -0.3 is 14.6 Å². The molecule has 0 aliphatic rings.